The number of methoxy groups -OCH3 is 1. The number of hydrogen-bond donors (Lipinski definition) is 2. The minimum Gasteiger partial charge on any atom is -0.391 e. The molecule has 1 aromatic heterocycles. The molecule has 0 radical (unpaired) electrons. The molecule has 0 aliphatic carbocycles. The highest BCUT2D eigenvalue weighted by Crippen LogP contribution is 2.07. The molecular weight excluding hydrogens is 206 g/mol. The first-order valence-electron chi connectivity index (χ1n) is 5.03. The second-order valence-electron chi connectivity index (χ2n) is 3.37. The third-order valence-corrected chi connectivity index (χ3v) is 2.04. The van der Waals surface area contributed by atoms with Gasteiger partial charge in [-0.05, 0) is 18.6 Å². The van der Waals surface area contributed by atoms with E-state index in [1.54, 1.807) is 25.4 Å². The standard InChI is InChI=1S/C11H15N3O2/c1-16-8-11(15)3-5-13-9-2-4-14-10(6-9)7-12/h2,4,6,11,15H,3,5,8H2,1H3,(H,13,14). The van der Waals surface area contributed by atoms with Gasteiger partial charge < -0.3 is 15.2 Å². The molecule has 0 saturated heterocycles. The highest BCUT2D eigenvalue weighted by molar-refractivity contribution is 5.45. The third kappa shape index (κ3) is 4.26. The number of nitriles is 1. The largest absolute Gasteiger partial charge is 0.391 e. The lowest BCUT2D eigenvalue weighted by molar-refractivity contribution is 0.0615. The van der Waals surface area contributed by atoms with E-state index in [1.165, 1.54) is 0 Å². The maximum atomic E-state index is 9.40. The first-order chi connectivity index (χ1) is 7.76. The molecule has 2 N–H and O–H groups in total. The number of rotatable bonds is 6. The molecule has 1 heterocycles. The summed E-state index contributed by atoms with van der Waals surface area (Å²) in [7, 11) is 1.55. The van der Waals surface area contributed by atoms with Crippen LogP contribution in [0.4, 0.5) is 5.69 Å². The van der Waals surface area contributed by atoms with Gasteiger partial charge in [-0.2, -0.15) is 5.26 Å². The zero-order chi connectivity index (χ0) is 11.8. The quantitative estimate of drug-likeness (QED) is 0.741. The van der Waals surface area contributed by atoms with Crippen molar-refractivity contribution in [3.63, 3.8) is 0 Å². The lowest BCUT2D eigenvalue weighted by Crippen LogP contribution is -2.18. The van der Waals surface area contributed by atoms with Crippen LogP contribution in [-0.4, -0.2) is 36.5 Å². The van der Waals surface area contributed by atoms with Crippen molar-refractivity contribution >= 4 is 5.69 Å². The summed E-state index contributed by atoms with van der Waals surface area (Å²) in [5.74, 6) is 0. The fourth-order valence-electron chi connectivity index (χ4n) is 1.26. The monoisotopic (exact) mass is 221 g/mol. The fourth-order valence-corrected chi connectivity index (χ4v) is 1.26. The average Bonchev–Trinajstić information content (AvgIpc) is 2.30. The van der Waals surface area contributed by atoms with Gasteiger partial charge in [0.2, 0.25) is 0 Å². The van der Waals surface area contributed by atoms with Gasteiger partial charge in [-0.15, -0.1) is 0 Å². The second kappa shape index (κ2) is 6.77. The number of anilines is 1. The van der Waals surface area contributed by atoms with Gasteiger partial charge in [0.05, 0.1) is 12.7 Å². The van der Waals surface area contributed by atoms with Gasteiger partial charge in [-0.1, -0.05) is 0 Å². The lowest BCUT2D eigenvalue weighted by atomic mass is 10.2. The molecule has 86 valence electrons. The van der Waals surface area contributed by atoms with Crippen LogP contribution in [0.25, 0.3) is 0 Å². The first kappa shape index (κ1) is 12.4. The maximum Gasteiger partial charge on any atom is 0.142 e. The summed E-state index contributed by atoms with van der Waals surface area (Å²) in [4.78, 5) is 3.86. The molecule has 1 atom stereocenters. The number of nitrogens with one attached hydrogen (secondary N) is 1. The zero-order valence-electron chi connectivity index (χ0n) is 9.18. The Morgan fingerprint density at radius 2 is 2.50 bits per heavy atom. The minimum absolute atomic E-state index is 0.335. The maximum absolute atomic E-state index is 9.40. The molecule has 5 heteroatoms. The van der Waals surface area contributed by atoms with Crippen LogP contribution in [0, 0.1) is 11.3 Å². The Hall–Kier alpha value is -1.64. The first-order valence-corrected chi connectivity index (χ1v) is 5.03. The summed E-state index contributed by atoms with van der Waals surface area (Å²) in [6.45, 7) is 0.959. The zero-order valence-corrected chi connectivity index (χ0v) is 9.18. The van der Waals surface area contributed by atoms with E-state index in [9.17, 15) is 5.11 Å². The van der Waals surface area contributed by atoms with Crippen LogP contribution in [0.15, 0.2) is 18.3 Å². The summed E-state index contributed by atoms with van der Waals surface area (Å²) in [5, 5.41) is 21.1. The van der Waals surface area contributed by atoms with Gasteiger partial charge in [0, 0.05) is 25.5 Å². The second-order valence-corrected chi connectivity index (χ2v) is 3.37. The number of nitrogens with zero attached hydrogens (tertiary/aromatic N) is 2. The van der Waals surface area contributed by atoms with Crippen molar-refractivity contribution in [1.82, 2.24) is 4.98 Å². The Kier molecular flexibility index (Phi) is 5.26. The van der Waals surface area contributed by atoms with Crippen molar-refractivity contribution in [2.45, 2.75) is 12.5 Å². The minimum atomic E-state index is -0.463. The van der Waals surface area contributed by atoms with Crippen molar-refractivity contribution in [2.24, 2.45) is 0 Å². The molecule has 16 heavy (non-hydrogen) atoms. The van der Waals surface area contributed by atoms with E-state index in [1.807, 2.05) is 6.07 Å². The fraction of sp³-hybridized carbons (Fsp3) is 0.455. The van der Waals surface area contributed by atoms with E-state index in [0.717, 1.165) is 5.69 Å². The normalized spacial score (nSPS) is 11.8. The Morgan fingerprint density at radius 3 is 3.19 bits per heavy atom. The predicted molar refractivity (Wildman–Crippen MR) is 59.9 cm³/mol. The van der Waals surface area contributed by atoms with Crippen LogP contribution in [0.1, 0.15) is 12.1 Å². The van der Waals surface area contributed by atoms with E-state index in [2.05, 4.69) is 10.3 Å². The number of aliphatic hydroxyl groups is 1. The Morgan fingerprint density at radius 1 is 1.69 bits per heavy atom. The van der Waals surface area contributed by atoms with E-state index in [-0.39, 0.29) is 0 Å². The summed E-state index contributed by atoms with van der Waals surface area (Å²) in [5.41, 5.74) is 1.21. The van der Waals surface area contributed by atoms with Gasteiger partial charge in [0.1, 0.15) is 11.8 Å². The molecule has 0 fully saturated rings. The summed E-state index contributed by atoms with van der Waals surface area (Å²) in [6.07, 6.45) is 1.71. The molecule has 0 aromatic carbocycles. The Balaban J connectivity index is 2.34. The van der Waals surface area contributed by atoms with Crippen LogP contribution in [0.5, 0.6) is 0 Å². The van der Waals surface area contributed by atoms with Crippen LogP contribution in [0.3, 0.4) is 0 Å². The smallest absolute Gasteiger partial charge is 0.142 e. The van der Waals surface area contributed by atoms with E-state index in [4.69, 9.17) is 10.00 Å². The van der Waals surface area contributed by atoms with Crippen LogP contribution in [-0.2, 0) is 4.74 Å². The summed E-state index contributed by atoms with van der Waals surface area (Å²) < 4.78 is 4.81. The molecule has 0 saturated carbocycles. The van der Waals surface area contributed by atoms with Gasteiger partial charge in [-0.25, -0.2) is 4.98 Å². The van der Waals surface area contributed by atoms with Gasteiger partial charge >= 0.3 is 0 Å². The molecule has 1 rings (SSSR count). The molecule has 0 aliphatic rings. The van der Waals surface area contributed by atoms with Crippen molar-refractivity contribution in [1.29, 1.82) is 5.26 Å². The number of ether oxygens (including phenoxy) is 1. The topological polar surface area (TPSA) is 78.2 Å². The molecular formula is C11H15N3O2. The average molecular weight is 221 g/mol. The van der Waals surface area contributed by atoms with Crippen LogP contribution < -0.4 is 5.32 Å². The molecule has 1 aromatic rings. The molecule has 0 aliphatic heterocycles. The van der Waals surface area contributed by atoms with Crippen LogP contribution >= 0.6 is 0 Å². The Bertz CT molecular complexity index is 362. The van der Waals surface area contributed by atoms with Gasteiger partial charge in [0.15, 0.2) is 0 Å². The van der Waals surface area contributed by atoms with Crippen molar-refractivity contribution in [2.75, 3.05) is 25.6 Å². The molecule has 0 amide bonds. The SMILES string of the molecule is COCC(O)CCNc1ccnc(C#N)c1. The van der Waals surface area contributed by atoms with Gasteiger partial charge in [0.25, 0.3) is 0 Å². The number of pyridine rings is 1. The lowest BCUT2D eigenvalue weighted by Gasteiger charge is -2.10. The molecule has 0 spiro atoms. The van der Waals surface area contributed by atoms with Crippen molar-refractivity contribution in [3.8, 4) is 6.07 Å². The summed E-state index contributed by atoms with van der Waals surface area (Å²) in [6, 6.07) is 5.42. The molecule has 1 unspecified atom stereocenters. The molecule has 5 nitrogen and oxygen atoms in total. The highest BCUT2D eigenvalue weighted by atomic mass is 16.5. The van der Waals surface area contributed by atoms with Crippen LogP contribution in [0.2, 0.25) is 0 Å². The highest BCUT2D eigenvalue weighted by Gasteiger charge is 2.02. The van der Waals surface area contributed by atoms with Crippen molar-refractivity contribution in [3.05, 3.63) is 24.0 Å². The van der Waals surface area contributed by atoms with Crippen molar-refractivity contribution < 1.29 is 9.84 Å². The Labute approximate surface area is 94.7 Å². The number of aliphatic hydroxyl groups excluding tert-OH is 1. The van der Waals surface area contributed by atoms with E-state index in [0.29, 0.717) is 25.3 Å². The number of aromatic nitrogens is 1. The predicted octanol–water partition coefficient (Wildman–Crippen LogP) is 0.763. The number of hydrogen-bond acceptors (Lipinski definition) is 5. The molecule has 0 bridgehead atoms. The summed E-state index contributed by atoms with van der Waals surface area (Å²) >= 11 is 0. The van der Waals surface area contributed by atoms with Gasteiger partial charge in [-0.3, -0.25) is 0 Å². The van der Waals surface area contributed by atoms with E-state index >= 15 is 0 Å². The van der Waals surface area contributed by atoms with E-state index < -0.39 is 6.10 Å². The third-order valence-electron chi connectivity index (χ3n) is 2.04.